The Bertz CT molecular complexity index is 565. The fourth-order valence-electron chi connectivity index (χ4n) is 1.36. The molecule has 0 fully saturated rings. The molecular formula is C13H12N2O3. The molecule has 0 saturated heterocycles. The van der Waals surface area contributed by atoms with Gasteiger partial charge in [0, 0.05) is 6.07 Å². The van der Waals surface area contributed by atoms with Crippen molar-refractivity contribution in [3.05, 3.63) is 42.5 Å². The van der Waals surface area contributed by atoms with E-state index in [1.54, 1.807) is 24.3 Å². The van der Waals surface area contributed by atoms with E-state index in [4.69, 9.17) is 9.84 Å². The van der Waals surface area contributed by atoms with Crippen LogP contribution in [-0.2, 0) is 0 Å². The number of azo groups is 1. The molecule has 0 heterocycles. The first-order valence-corrected chi connectivity index (χ1v) is 5.27. The van der Waals surface area contributed by atoms with Crippen LogP contribution in [0.1, 0.15) is 0 Å². The monoisotopic (exact) mass is 244 g/mol. The summed E-state index contributed by atoms with van der Waals surface area (Å²) in [6.07, 6.45) is 0. The summed E-state index contributed by atoms with van der Waals surface area (Å²) < 4.78 is 4.97. The van der Waals surface area contributed by atoms with E-state index >= 15 is 0 Å². The summed E-state index contributed by atoms with van der Waals surface area (Å²) in [7, 11) is 1.47. The highest BCUT2D eigenvalue weighted by molar-refractivity contribution is 5.51. The van der Waals surface area contributed by atoms with Crippen LogP contribution in [-0.4, -0.2) is 17.3 Å². The lowest BCUT2D eigenvalue weighted by atomic mass is 10.3. The smallest absolute Gasteiger partial charge is 0.162 e. The maximum atomic E-state index is 9.43. The van der Waals surface area contributed by atoms with Crippen molar-refractivity contribution in [1.82, 2.24) is 0 Å². The number of aromatic hydroxyl groups is 2. The van der Waals surface area contributed by atoms with Crippen LogP contribution in [0, 0.1) is 0 Å². The van der Waals surface area contributed by atoms with Crippen LogP contribution in [0.15, 0.2) is 52.7 Å². The topological polar surface area (TPSA) is 74.4 Å². The zero-order chi connectivity index (χ0) is 13.0. The first kappa shape index (κ1) is 11.9. The molecule has 5 heteroatoms. The summed E-state index contributed by atoms with van der Waals surface area (Å²) in [5, 5.41) is 26.6. The van der Waals surface area contributed by atoms with Crippen LogP contribution in [0.3, 0.4) is 0 Å². The molecule has 2 aromatic carbocycles. The molecule has 0 radical (unpaired) electrons. The Hall–Kier alpha value is -2.56. The average molecular weight is 244 g/mol. The van der Waals surface area contributed by atoms with Crippen LogP contribution in [0.5, 0.6) is 17.2 Å². The zero-order valence-corrected chi connectivity index (χ0v) is 9.74. The standard InChI is InChI=1S/C13H12N2O3/c1-18-13-8-10(4-7-12(13)17)15-14-9-2-5-11(16)6-3-9/h2-8,16-17H,1H3. The summed E-state index contributed by atoms with van der Waals surface area (Å²) >= 11 is 0. The van der Waals surface area contributed by atoms with E-state index < -0.39 is 0 Å². The van der Waals surface area contributed by atoms with E-state index in [9.17, 15) is 5.11 Å². The van der Waals surface area contributed by atoms with Crippen molar-refractivity contribution in [3.8, 4) is 17.2 Å². The molecular weight excluding hydrogens is 232 g/mol. The lowest BCUT2D eigenvalue weighted by Crippen LogP contribution is -1.82. The van der Waals surface area contributed by atoms with E-state index in [0.717, 1.165) is 0 Å². The minimum absolute atomic E-state index is 0.0566. The first-order chi connectivity index (χ1) is 8.69. The Morgan fingerprint density at radius 1 is 0.889 bits per heavy atom. The maximum absolute atomic E-state index is 9.43. The van der Waals surface area contributed by atoms with Crippen LogP contribution in [0.25, 0.3) is 0 Å². The molecule has 2 aromatic rings. The zero-order valence-electron chi connectivity index (χ0n) is 9.74. The van der Waals surface area contributed by atoms with Gasteiger partial charge >= 0.3 is 0 Å². The van der Waals surface area contributed by atoms with Crippen LogP contribution >= 0.6 is 0 Å². The Morgan fingerprint density at radius 2 is 1.50 bits per heavy atom. The van der Waals surface area contributed by atoms with Crippen LogP contribution in [0.4, 0.5) is 11.4 Å². The molecule has 0 aliphatic heterocycles. The van der Waals surface area contributed by atoms with Gasteiger partial charge in [-0.3, -0.25) is 0 Å². The summed E-state index contributed by atoms with van der Waals surface area (Å²) in [6, 6.07) is 11.1. The molecule has 18 heavy (non-hydrogen) atoms. The van der Waals surface area contributed by atoms with Gasteiger partial charge in [0.1, 0.15) is 5.75 Å². The lowest BCUT2D eigenvalue weighted by molar-refractivity contribution is 0.373. The third-order valence-electron chi connectivity index (χ3n) is 2.29. The van der Waals surface area contributed by atoms with Gasteiger partial charge in [-0.2, -0.15) is 10.2 Å². The van der Waals surface area contributed by atoms with E-state index in [0.29, 0.717) is 17.1 Å². The van der Waals surface area contributed by atoms with Gasteiger partial charge in [0.25, 0.3) is 0 Å². The number of benzene rings is 2. The minimum atomic E-state index is 0.0566. The molecule has 0 saturated carbocycles. The van der Waals surface area contributed by atoms with Crippen molar-refractivity contribution < 1.29 is 14.9 Å². The number of hydrogen-bond donors (Lipinski definition) is 2. The summed E-state index contributed by atoms with van der Waals surface area (Å²) in [5.74, 6) is 0.582. The Morgan fingerprint density at radius 3 is 2.17 bits per heavy atom. The highest BCUT2D eigenvalue weighted by atomic mass is 16.5. The second-order valence-corrected chi connectivity index (χ2v) is 3.57. The van der Waals surface area contributed by atoms with Crippen molar-refractivity contribution in [1.29, 1.82) is 0 Å². The van der Waals surface area contributed by atoms with E-state index in [-0.39, 0.29) is 11.5 Å². The number of phenols is 2. The molecule has 92 valence electrons. The Labute approximate surface area is 104 Å². The molecule has 0 aliphatic rings. The van der Waals surface area contributed by atoms with Gasteiger partial charge in [-0.25, -0.2) is 0 Å². The molecule has 2 rings (SSSR count). The quantitative estimate of drug-likeness (QED) is 0.811. The molecule has 0 spiro atoms. The summed E-state index contributed by atoms with van der Waals surface area (Å²) in [5.41, 5.74) is 1.19. The normalized spacial score (nSPS) is 10.7. The van der Waals surface area contributed by atoms with Crippen LogP contribution in [0.2, 0.25) is 0 Å². The van der Waals surface area contributed by atoms with Crippen molar-refractivity contribution in [2.45, 2.75) is 0 Å². The van der Waals surface area contributed by atoms with E-state index in [1.165, 1.54) is 25.3 Å². The van der Waals surface area contributed by atoms with Crippen molar-refractivity contribution in [2.24, 2.45) is 10.2 Å². The number of phenolic OH excluding ortho intramolecular Hbond substituents is 2. The maximum Gasteiger partial charge on any atom is 0.162 e. The van der Waals surface area contributed by atoms with Gasteiger partial charge in [0.15, 0.2) is 11.5 Å². The molecule has 0 aromatic heterocycles. The molecule has 0 bridgehead atoms. The van der Waals surface area contributed by atoms with Gasteiger partial charge in [-0.15, -0.1) is 0 Å². The molecule has 0 aliphatic carbocycles. The third-order valence-corrected chi connectivity index (χ3v) is 2.29. The van der Waals surface area contributed by atoms with E-state index in [2.05, 4.69) is 10.2 Å². The Balaban J connectivity index is 2.20. The largest absolute Gasteiger partial charge is 0.508 e. The van der Waals surface area contributed by atoms with Gasteiger partial charge in [0.2, 0.25) is 0 Å². The predicted octanol–water partition coefficient (Wildman–Crippen LogP) is 3.52. The molecule has 0 unspecified atom stereocenters. The molecule has 0 amide bonds. The number of rotatable bonds is 3. The minimum Gasteiger partial charge on any atom is -0.508 e. The predicted molar refractivity (Wildman–Crippen MR) is 66.9 cm³/mol. The van der Waals surface area contributed by atoms with Gasteiger partial charge in [-0.1, -0.05) is 0 Å². The highest BCUT2D eigenvalue weighted by Gasteiger charge is 2.01. The molecule has 2 N–H and O–H groups in total. The fourth-order valence-corrected chi connectivity index (χ4v) is 1.36. The Kier molecular flexibility index (Phi) is 3.43. The molecule has 5 nitrogen and oxygen atoms in total. The highest BCUT2D eigenvalue weighted by Crippen LogP contribution is 2.30. The van der Waals surface area contributed by atoms with Gasteiger partial charge < -0.3 is 14.9 Å². The fraction of sp³-hybridized carbons (Fsp3) is 0.0769. The van der Waals surface area contributed by atoms with Gasteiger partial charge in [-0.05, 0) is 36.4 Å². The SMILES string of the molecule is COc1cc(N=Nc2ccc(O)cc2)ccc1O. The number of ether oxygens (including phenoxy) is 1. The van der Waals surface area contributed by atoms with Crippen molar-refractivity contribution >= 4 is 11.4 Å². The number of hydrogen-bond acceptors (Lipinski definition) is 5. The van der Waals surface area contributed by atoms with E-state index in [1.807, 2.05) is 0 Å². The lowest BCUT2D eigenvalue weighted by Gasteiger charge is -2.02. The van der Waals surface area contributed by atoms with Crippen LogP contribution < -0.4 is 4.74 Å². The second kappa shape index (κ2) is 5.18. The summed E-state index contributed by atoms with van der Waals surface area (Å²) in [4.78, 5) is 0. The first-order valence-electron chi connectivity index (χ1n) is 5.27. The number of methoxy groups -OCH3 is 1. The summed E-state index contributed by atoms with van der Waals surface area (Å²) in [6.45, 7) is 0. The molecule has 0 atom stereocenters. The van der Waals surface area contributed by atoms with Crippen molar-refractivity contribution in [2.75, 3.05) is 7.11 Å². The van der Waals surface area contributed by atoms with Gasteiger partial charge in [0.05, 0.1) is 18.5 Å². The average Bonchev–Trinajstić information content (AvgIpc) is 2.39. The number of nitrogens with zero attached hydrogens (tertiary/aromatic N) is 2. The van der Waals surface area contributed by atoms with Crippen molar-refractivity contribution in [3.63, 3.8) is 0 Å². The third kappa shape index (κ3) is 2.76. The second-order valence-electron chi connectivity index (χ2n) is 3.57.